The van der Waals surface area contributed by atoms with E-state index in [9.17, 15) is 36.6 Å². The summed E-state index contributed by atoms with van der Waals surface area (Å²) in [6, 6.07) is -0.190. The quantitative estimate of drug-likeness (QED) is 0.492. The van der Waals surface area contributed by atoms with Crippen LogP contribution in [0.2, 0.25) is 0 Å². The third-order valence-corrected chi connectivity index (χ3v) is 7.60. The number of nitrogens with zero attached hydrogens (tertiary/aromatic N) is 2. The Morgan fingerprint density at radius 3 is 2.34 bits per heavy atom. The van der Waals surface area contributed by atoms with E-state index in [1.54, 1.807) is 19.9 Å². The van der Waals surface area contributed by atoms with E-state index in [4.69, 9.17) is 0 Å². The van der Waals surface area contributed by atoms with Crippen LogP contribution in [0.25, 0.3) is 0 Å². The SMILES string of the molecule is Cc1cc(C(=O)N2[C@@H](C(=O)N[C@@H](c3cc(F)c(C(F)(F)F)cc3F)C3CC3)C[C@@H](C)[C@H]2C)c(C(C)O)cn1. The van der Waals surface area contributed by atoms with Crippen molar-refractivity contribution in [1.29, 1.82) is 0 Å². The molecule has 5 atom stereocenters. The molecule has 2 amide bonds. The van der Waals surface area contributed by atoms with Gasteiger partial charge in [-0.3, -0.25) is 14.6 Å². The van der Waals surface area contributed by atoms with Crippen molar-refractivity contribution in [2.24, 2.45) is 11.8 Å². The fraction of sp³-hybridized carbons (Fsp3) is 0.519. The highest BCUT2D eigenvalue weighted by Gasteiger charge is 2.46. The van der Waals surface area contributed by atoms with Gasteiger partial charge >= 0.3 is 6.18 Å². The minimum Gasteiger partial charge on any atom is -0.389 e. The normalized spacial score (nSPS) is 23.3. The molecule has 1 aliphatic heterocycles. The summed E-state index contributed by atoms with van der Waals surface area (Å²) in [6.07, 6.45) is -3.16. The van der Waals surface area contributed by atoms with Crippen LogP contribution in [0.4, 0.5) is 22.0 Å². The van der Waals surface area contributed by atoms with E-state index in [2.05, 4.69) is 10.3 Å². The third kappa shape index (κ3) is 5.39. The molecule has 1 aromatic heterocycles. The number of pyridine rings is 1. The van der Waals surface area contributed by atoms with Crippen molar-refractivity contribution in [3.05, 3.63) is 64.0 Å². The molecular weight excluding hydrogens is 509 g/mol. The maximum Gasteiger partial charge on any atom is 0.419 e. The van der Waals surface area contributed by atoms with Crippen LogP contribution >= 0.6 is 0 Å². The van der Waals surface area contributed by atoms with Crippen LogP contribution in [-0.2, 0) is 11.0 Å². The molecule has 2 heterocycles. The topological polar surface area (TPSA) is 82.5 Å². The van der Waals surface area contributed by atoms with E-state index >= 15 is 0 Å². The number of carbonyl (C=O) groups excluding carboxylic acids is 2. The summed E-state index contributed by atoms with van der Waals surface area (Å²) in [4.78, 5) is 32.8. The highest BCUT2D eigenvalue weighted by atomic mass is 19.4. The first kappa shape index (κ1) is 27.9. The molecule has 2 aromatic rings. The van der Waals surface area contributed by atoms with Gasteiger partial charge in [0.2, 0.25) is 5.91 Å². The van der Waals surface area contributed by atoms with Crippen molar-refractivity contribution in [3.63, 3.8) is 0 Å². The zero-order valence-corrected chi connectivity index (χ0v) is 21.4. The van der Waals surface area contributed by atoms with Crippen LogP contribution in [0.3, 0.4) is 0 Å². The number of nitrogens with one attached hydrogen (secondary N) is 1. The molecule has 206 valence electrons. The van der Waals surface area contributed by atoms with E-state index in [0.29, 0.717) is 36.6 Å². The second kappa shape index (κ2) is 10.2. The summed E-state index contributed by atoms with van der Waals surface area (Å²) < 4.78 is 68.3. The van der Waals surface area contributed by atoms with Crippen LogP contribution in [0, 0.1) is 30.4 Å². The van der Waals surface area contributed by atoms with Gasteiger partial charge in [-0.15, -0.1) is 0 Å². The van der Waals surface area contributed by atoms with Crippen LogP contribution in [0.15, 0.2) is 24.4 Å². The van der Waals surface area contributed by atoms with Gasteiger partial charge in [0, 0.05) is 34.6 Å². The van der Waals surface area contributed by atoms with Crippen molar-refractivity contribution in [2.75, 3.05) is 0 Å². The number of hydrogen-bond donors (Lipinski definition) is 2. The van der Waals surface area contributed by atoms with Crippen molar-refractivity contribution in [3.8, 4) is 0 Å². The van der Waals surface area contributed by atoms with Gasteiger partial charge in [0.1, 0.15) is 17.7 Å². The molecule has 2 fully saturated rings. The van der Waals surface area contributed by atoms with Crippen molar-refractivity contribution in [1.82, 2.24) is 15.2 Å². The van der Waals surface area contributed by atoms with Gasteiger partial charge < -0.3 is 15.3 Å². The van der Waals surface area contributed by atoms with Gasteiger partial charge in [-0.25, -0.2) is 8.78 Å². The lowest BCUT2D eigenvalue weighted by atomic mass is 9.98. The summed E-state index contributed by atoms with van der Waals surface area (Å²) in [5.41, 5.74) is -1.00. The van der Waals surface area contributed by atoms with Gasteiger partial charge in [0.25, 0.3) is 5.91 Å². The number of likely N-dealkylation sites (tertiary alicyclic amines) is 1. The van der Waals surface area contributed by atoms with Crippen LogP contribution in [-0.4, -0.2) is 38.9 Å². The highest BCUT2D eigenvalue weighted by Crippen LogP contribution is 2.44. The average molecular weight is 540 g/mol. The van der Waals surface area contributed by atoms with Crippen molar-refractivity contribution < 1.29 is 36.6 Å². The molecule has 1 unspecified atom stereocenters. The zero-order chi connectivity index (χ0) is 28.1. The lowest BCUT2D eigenvalue weighted by Crippen LogP contribution is -2.49. The number of carbonyl (C=O) groups is 2. The van der Waals surface area contributed by atoms with Gasteiger partial charge in [0.15, 0.2) is 0 Å². The molecule has 1 saturated carbocycles. The molecule has 0 spiro atoms. The number of aryl methyl sites for hydroxylation is 1. The molecule has 1 aromatic carbocycles. The molecule has 11 heteroatoms. The van der Waals surface area contributed by atoms with Crippen molar-refractivity contribution >= 4 is 11.8 Å². The Kier molecular flexibility index (Phi) is 7.53. The van der Waals surface area contributed by atoms with Gasteiger partial charge in [-0.1, -0.05) is 6.92 Å². The van der Waals surface area contributed by atoms with E-state index in [-0.39, 0.29) is 35.1 Å². The molecule has 1 saturated heterocycles. The predicted octanol–water partition coefficient (Wildman–Crippen LogP) is 5.25. The van der Waals surface area contributed by atoms with Gasteiger partial charge in [0.05, 0.1) is 17.7 Å². The van der Waals surface area contributed by atoms with Crippen LogP contribution in [0.1, 0.15) is 84.9 Å². The molecular formula is C27H30F5N3O3. The summed E-state index contributed by atoms with van der Waals surface area (Å²) in [7, 11) is 0. The van der Waals surface area contributed by atoms with Crippen LogP contribution in [0.5, 0.6) is 0 Å². The Morgan fingerprint density at radius 1 is 1.11 bits per heavy atom. The Bertz CT molecular complexity index is 1250. The number of amides is 2. The fourth-order valence-corrected chi connectivity index (χ4v) is 5.15. The summed E-state index contributed by atoms with van der Waals surface area (Å²) in [5, 5.41) is 12.9. The number of aliphatic hydroxyl groups is 1. The molecule has 2 N–H and O–H groups in total. The fourth-order valence-electron chi connectivity index (χ4n) is 5.15. The molecule has 38 heavy (non-hydrogen) atoms. The first-order chi connectivity index (χ1) is 17.7. The van der Waals surface area contributed by atoms with Gasteiger partial charge in [-0.05, 0) is 70.1 Å². The molecule has 1 aliphatic carbocycles. The first-order valence-electron chi connectivity index (χ1n) is 12.5. The Morgan fingerprint density at radius 2 is 1.76 bits per heavy atom. The number of halogens is 5. The first-order valence-corrected chi connectivity index (χ1v) is 12.5. The van der Waals surface area contributed by atoms with Gasteiger partial charge in [-0.2, -0.15) is 13.2 Å². The standard InChI is InChI=1S/C27H30F5N3O3/c1-12-7-23(35(14(12)3)26(38)17-8-13(2)33-11-19(17)15(4)36)25(37)34-24(16-5-6-16)18-9-22(29)20(10-21(18)28)27(30,31)32/h8-12,14-16,23-24,36H,5-7H2,1-4H3,(H,34,37)/t12-,14-,15?,23-,24-/m1/s1. The second-order valence-electron chi connectivity index (χ2n) is 10.4. The molecule has 2 aliphatic rings. The number of hydrogen-bond acceptors (Lipinski definition) is 4. The molecule has 6 nitrogen and oxygen atoms in total. The van der Waals surface area contributed by atoms with E-state index in [1.807, 2.05) is 6.92 Å². The predicted molar refractivity (Wildman–Crippen MR) is 128 cm³/mol. The summed E-state index contributed by atoms with van der Waals surface area (Å²) in [5.74, 6) is -4.30. The minimum atomic E-state index is -5.06. The molecule has 0 radical (unpaired) electrons. The minimum absolute atomic E-state index is 0.0766. The van der Waals surface area contributed by atoms with Crippen molar-refractivity contribution in [2.45, 2.75) is 77.4 Å². The average Bonchev–Trinajstić information content (AvgIpc) is 3.62. The van der Waals surface area contributed by atoms with E-state index in [0.717, 1.165) is 0 Å². The number of benzene rings is 1. The van der Waals surface area contributed by atoms with E-state index in [1.165, 1.54) is 18.0 Å². The Balaban J connectivity index is 1.65. The number of aliphatic hydroxyl groups excluding tert-OH is 1. The zero-order valence-electron chi connectivity index (χ0n) is 21.4. The smallest absolute Gasteiger partial charge is 0.389 e. The monoisotopic (exact) mass is 539 g/mol. The number of aromatic nitrogens is 1. The third-order valence-electron chi connectivity index (χ3n) is 7.60. The maximum atomic E-state index is 14.8. The molecule has 0 bridgehead atoms. The largest absolute Gasteiger partial charge is 0.419 e. The number of alkyl halides is 3. The second-order valence-corrected chi connectivity index (χ2v) is 10.4. The molecule has 4 rings (SSSR count). The Hall–Kier alpha value is -3.08. The lowest BCUT2D eigenvalue weighted by Gasteiger charge is -2.31. The summed E-state index contributed by atoms with van der Waals surface area (Å²) in [6.45, 7) is 6.88. The lowest BCUT2D eigenvalue weighted by molar-refractivity contribution is -0.140. The van der Waals surface area contributed by atoms with Crippen LogP contribution < -0.4 is 5.32 Å². The summed E-state index contributed by atoms with van der Waals surface area (Å²) >= 11 is 0. The number of rotatable bonds is 6. The van der Waals surface area contributed by atoms with E-state index < -0.39 is 53.4 Å². The Labute approximate surface area is 217 Å². The maximum absolute atomic E-state index is 14.8. The highest BCUT2D eigenvalue weighted by molar-refractivity contribution is 5.99.